The number of hydrogen-bond donors (Lipinski definition) is 1. The van der Waals surface area contributed by atoms with Crippen LogP contribution in [0.3, 0.4) is 0 Å². The van der Waals surface area contributed by atoms with Gasteiger partial charge < -0.3 is 14.7 Å². The molecule has 1 aliphatic heterocycles. The summed E-state index contributed by atoms with van der Waals surface area (Å²) < 4.78 is 5.01. The lowest BCUT2D eigenvalue weighted by atomic mass is 10.1. The van der Waals surface area contributed by atoms with Crippen LogP contribution < -0.4 is 0 Å². The summed E-state index contributed by atoms with van der Waals surface area (Å²) in [7, 11) is 1.62. The maximum atomic E-state index is 12.2. The van der Waals surface area contributed by atoms with E-state index in [4.69, 9.17) is 9.84 Å². The van der Waals surface area contributed by atoms with E-state index in [1.807, 2.05) is 12.1 Å². The van der Waals surface area contributed by atoms with Gasteiger partial charge in [-0.1, -0.05) is 12.1 Å². The molecule has 2 rings (SSSR count). The van der Waals surface area contributed by atoms with E-state index >= 15 is 0 Å². The fourth-order valence-electron chi connectivity index (χ4n) is 2.24. The highest BCUT2D eigenvalue weighted by molar-refractivity contribution is 5.94. The number of carboxylic acids is 1. The monoisotopic (exact) mass is 263 g/mol. The lowest BCUT2D eigenvalue weighted by Gasteiger charge is -2.16. The van der Waals surface area contributed by atoms with Gasteiger partial charge in [0, 0.05) is 25.8 Å². The Kier molecular flexibility index (Phi) is 4.16. The topological polar surface area (TPSA) is 66.8 Å². The molecule has 0 aromatic heterocycles. The summed E-state index contributed by atoms with van der Waals surface area (Å²) in [6.45, 7) is 1.32. The lowest BCUT2D eigenvalue weighted by molar-refractivity contribution is -0.141. The molecule has 0 spiro atoms. The predicted molar refractivity (Wildman–Crippen MR) is 68.8 cm³/mol. The summed E-state index contributed by atoms with van der Waals surface area (Å²) in [4.78, 5) is 24.7. The van der Waals surface area contributed by atoms with Gasteiger partial charge in [-0.15, -0.1) is 0 Å². The summed E-state index contributed by atoms with van der Waals surface area (Å²) in [5.74, 6) is -1.37. The van der Waals surface area contributed by atoms with Crippen molar-refractivity contribution in [2.45, 2.75) is 13.0 Å². The number of carboxylic acid groups (broad SMARTS) is 1. The molecule has 0 unspecified atom stereocenters. The van der Waals surface area contributed by atoms with Crippen molar-refractivity contribution >= 4 is 11.9 Å². The zero-order valence-electron chi connectivity index (χ0n) is 10.8. The van der Waals surface area contributed by atoms with E-state index in [-0.39, 0.29) is 5.91 Å². The molecule has 0 aliphatic carbocycles. The van der Waals surface area contributed by atoms with Crippen LogP contribution >= 0.6 is 0 Å². The maximum absolute atomic E-state index is 12.2. The van der Waals surface area contributed by atoms with Gasteiger partial charge in [-0.2, -0.15) is 0 Å². The van der Waals surface area contributed by atoms with E-state index in [0.717, 1.165) is 5.56 Å². The van der Waals surface area contributed by atoms with Crippen LogP contribution in [0.15, 0.2) is 24.3 Å². The number of hydrogen-bond acceptors (Lipinski definition) is 3. The first kappa shape index (κ1) is 13.5. The van der Waals surface area contributed by atoms with Gasteiger partial charge in [0.05, 0.1) is 12.5 Å². The number of carbonyl (C=O) groups excluding carboxylic acids is 1. The molecule has 0 bridgehead atoms. The van der Waals surface area contributed by atoms with Crippen molar-refractivity contribution in [1.82, 2.24) is 4.90 Å². The molecule has 102 valence electrons. The highest BCUT2D eigenvalue weighted by atomic mass is 16.5. The minimum absolute atomic E-state index is 0.104. The normalized spacial score (nSPS) is 18.6. The molecular weight excluding hydrogens is 246 g/mol. The minimum atomic E-state index is -0.828. The molecule has 1 N–H and O–H groups in total. The van der Waals surface area contributed by atoms with Crippen LogP contribution in [0.1, 0.15) is 22.3 Å². The summed E-state index contributed by atoms with van der Waals surface area (Å²) in [5, 5.41) is 8.93. The Labute approximate surface area is 111 Å². The third-order valence-corrected chi connectivity index (χ3v) is 3.34. The van der Waals surface area contributed by atoms with Crippen LogP contribution in [0.2, 0.25) is 0 Å². The van der Waals surface area contributed by atoms with E-state index in [9.17, 15) is 9.59 Å². The Bertz CT molecular complexity index is 469. The first-order chi connectivity index (χ1) is 9.11. The van der Waals surface area contributed by atoms with Crippen molar-refractivity contribution in [3.8, 4) is 0 Å². The first-order valence-electron chi connectivity index (χ1n) is 6.21. The number of carbonyl (C=O) groups is 2. The van der Waals surface area contributed by atoms with Crippen molar-refractivity contribution in [3.63, 3.8) is 0 Å². The fraction of sp³-hybridized carbons (Fsp3) is 0.429. The molecule has 5 heteroatoms. The van der Waals surface area contributed by atoms with Crippen molar-refractivity contribution in [2.75, 3.05) is 20.2 Å². The van der Waals surface area contributed by atoms with Crippen molar-refractivity contribution in [1.29, 1.82) is 0 Å². The van der Waals surface area contributed by atoms with Gasteiger partial charge in [0.2, 0.25) is 0 Å². The molecule has 1 aromatic carbocycles. The number of nitrogens with zero attached hydrogens (tertiary/aromatic N) is 1. The van der Waals surface area contributed by atoms with E-state index in [1.54, 1.807) is 24.1 Å². The van der Waals surface area contributed by atoms with E-state index in [0.29, 0.717) is 31.7 Å². The number of methoxy groups -OCH3 is 1. The molecule has 0 saturated carbocycles. The van der Waals surface area contributed by atoms with Gasteiger partial charge in [-0.05, 0) is 24.1 Å². The van der Waals surface area contributed by atoms with Crippen LogP contribution in [-0.2, 0) is 16.1 Å². The Hall–Kier alpha value is -1.88. The second-order valence-electron chi connectivity index (χ2n) is 4.70. The van der Waals surface area contributed by atoms with Crippen LogP contribution in [-0.4, -0.2) is 42.1 Å². The SMILES string of the molecule is COCc1ccc(C(=O)N2CC[C@H](C(=O)O)C2)cc1. The quantitative estimate of drug-likeness (QED) is 0.891. The van der Waals surface area contributed by atoms with E-state index in [1.165, 1.54) is 0 Å². The third kappa shape index (κ3) is 3.12. The van der Waals surface area contributed by atoms with E-state index in [2.05, 4.69) is 0 Å². The summed E-state index contributed by atoms with van der Waals surface area (Å²) in [6.07, 6.45) is 0.531. The zero-order valence-corrected chi connectivity index (χ0v) is 10.8. The second-order valence-corrected chi connectivity index (χ2v) is 4.70. The van der Waals surface area contributed by atoms with Gasteiger partial charge in [0.15, 0.2) is 0 Å². The van der Waals surface area contributed by atoms with Crippen molar-refractivity contribution in [3.05, 3.63) is 35.4 Å². The molecule has 0 radical (unpaired) electrons. The van der Waals surface area contributed by atoms with Gasteiger partial charge >= 0.3 is 5.97 Å². The Morgan fingerprint density at radius 1 is 1.37 bits per heavy atom. The van der Waals surface area contributed by atoms with Crippen LogP contribution in [0.25, 0.3) is 0 Å². The van der Waals surface area contributed by atoms with Crippen LogP contribution in [0.5, 0.6) is 0 Å². The molecular formula is C14H17NO4. The highest BCUT2D eigenvalue weighted by Gasteiger charge is 2.31. The van der Waals surface area contributed by atoms with Crippen molar-refractivity contribution < 1.29 is 19.4 Å². The molecule has 1 fully saturated rings. The van der Waals surface area contributed by atoms with Gasteiger partial charge in [0.25, 0.3) is 5.91 Å². The summed E-state index contributed by atoms with van der Waals surface area (Å²) >= 11 is 0. The second kappa shape index (κ2) is 5.84. The Morgan fingerprint density at radius 2 is 2.05 bits per heavy atom. The third-order valence-electron chi connectivity index (χ3n) is 3.34. The smallest absolute Gasteiger partial charge is 0.308 e. The molecule has 1 saturated heterocycles. The van der Waals surface area contributed by atoms with E-state index < -0.39 is 11.9 Å². The van der Waals surface area contributed by atoms with Crippen molar-refractivity contribution in [2.24, 2.45) is 5.92 Å². The number of likely N-dealkylation sites (tertiary alicyclic amines) is 1. The molecule has 1 amide bonds. The number of benzene rings is 1. The lowest BCUT2D eigenvalue weighted by Crippen LogP contribution is -2.29. The molecule has 5 nitrogen and oxygen atoms in total. The largest absolute Gasteiger partial charge is 0.481 e. The maximum Gasteiger partial charge on any atom is 0.308 e. The van der Waals surface area contributed by atoms with Crippen LogP contribution in [0, 0.1) is 5.92 Å². The molecule has 1 heterocycles. The molecule has 1 atom stereocenters. The molecule has 1 aliphatic rings. The Morgan fingerprint density at radius 3 is 2.58 bits per heavy atom. The minimum Gasteiger partial charge on any atom is -0.481 e. The number of amides is 1. The number of ether oxygens (including phenoxy) is 1. The fourth-order valence-corrected chi connectivity index (χ4v) is 2.24. The number of aliphatic carboxylic acids is 1. The Balaban J connectivity index is 2.02. The van der Waals surface area contributed by atoms with Crippen LogP contribution in [0.4, 0.5) is 0 Å². The van der Waals surface area contributed by atoms with Gasteiger partial charge in [-0.25, -0.2) is 0 Å². The summed E-state index contributed by atoms with van der Waals surface area (Å²) in [6, 6.07) is 7.21. The molecule has 1 aromatic rings. The number of rotatable bonds is 4. The summed E-state index contributed by atoms with van der Waals surface area (Å²) in [5.41, 5.74) is 1.59. The molecule has 19 heavy (non-hydrogen) atoms. The van der Waals surface area contributed by atoms with Gasteiger partial charge in [0.1, 0.15) is 0 Å². The highest BCUT2D eigenvalue weighted by Crippen LogP contribution is 2.19. The average Bonchev–Trinajstić information content (AvgIpc) is 2.89. The standard InChI is InChI=1S/C14H17NO4/c1-19-9-10-2-4-11(5-3-10)13(16)15-7-6-12(8-15)14(17)18/h2-5,12H,6-9H2,1H3,(H,17,18)/t12-/m0/s1. The average molecular weight is 263 g/mol. The predicted octanol–water partition coefficient (Wildman–Crippen LogP) is 1.38. The zero-order chi connectivity index (χ0) is 13.8. The first-order valence-corrected chi connectivity index (χ1v) is 6.21. The van der Waals surface area contributed by atoms with Gasteiger partial charge in [-0.3, -0.25) is 9.59 Å².